The Morgan fingerprint density at radius 2 is 2.10 bits per heavy atom. The Hall–Kier alpha value is -2.31. The molecule has 4 aromatic rings. The van der Waals surface area contributed by atoms with Crippen LogP contribution in [-0.2, 0) is 17.6 Å². The van der Waals surface area contributed by atoms with Crippen LogP contribution in [0.3, 0.4) is 0 Å². The van der Waals surface area contributed by atoms with E-state index in [1.165, 1.54) is 23.3 Å². The molecule has 1 atom stereocenters. The average Bonchev–Trinajstić information content (AvgIpc) is 3.35. The second-order valence-corrected chi connectivity index (χ2v) is 10.1. The number of rotatable bonds is 5. The number of aliphatic carboxylic acids is 1. The maximum atomic E-state index is 12.3. The Morgan fingerprint density at radius 3 is 2.90 bits per heavy atom. The van der Waals surface area contributed by atoms with Gasteiger partial charge in [0.15, 0.2) is 0 Å². The topological polar surface area (TPSA) is 63.1 Å². The standard InChI is InChI=1S/C24H24N2O2S2/c1-3-6-16(24(27)28)20-13(2)26-22-15-7-4-5-8-18(15)30-23(22)21(20)14-9-10-17-19(11-14)29-12-25-17/h9-12,16H,3-8H2,1-2H3,(H,27,28). The molecule has 0 amide bonds. The number of benzene rings is 1. The number of hydrogen-bond acceptors (Lipinski definition) is 5. The van der Waals surface area contributed by atoms with Gasteiger partial charge in [-0.15, -0.1) is 22.7 Å². The molecule has 0 radical (unpaired) electrons. The van der Waals surface area contributed by atoms with E-state index in [2.05, 4.69) is 23.2 Å². The quantitative estimate of drug-likeness (QED) is 0.377. The summed E-state index contributed by atoms with van der Waals surface area (Å²) in [4.78, 5) is 23.2. The largest absolute Gasteiger partial charge is 0.481 e. The van der Waals surface area contributed by atoms with Gasteiger partial charge in [0.05, 0.1) is 31.9 Å². The second-order valence-electron chi connectivity index (χ2n) is 8.09. The highest BCUT2D eigenvalue weighted by molar-refractivity contribution is 7.20. The molecule has 0 saturated carbocycles. The normalized spacial score (nSPS) is 14.9. The fourth-order valence-corrected chi connectivity index (χ4v) is 6.90. The molecule has 3 heterocycles. The molecule has 3 aromatic heterocycles. The van der Waals surface area contributed by atoms with E-state index in [0.717, 1.165) is 62.1 Å². The number of carboxylic acid groups (broad SMARTS) is 1. The fourth-order valence-electron chi connectivity index (χ4n) is 4.77. The van der Waals surface area contributed by atoms with E-state index >= 15 is 0 Å². The van der Waals surface area contributed by atoms with Crippen molar-refractivity contribution in [1.82, 2.24) is 9.97 Å². The van der Waals surface area contributed by atoms with Gasteiger partial charge in [-0.25, -0.2) is 4.98 Å². The molecule has 1 aliphatic carbocycles. The molecule has 5 rings (SSSR count). The molecule has 0 saturated heterocycles. The van der Waals surface area contributed by atoms with Crippen LogP contribution in [0.1, 0.15) is 60.2 Å². The van der Waals surface area contributed by atoms with Gasteiger partial charge in [0, 0.05) is 16.1 Å². The van der Waals surface area contributed by atoms with Crippen molar-refractivity contribution in [3.63, 3.8) is 0 Å². The summed E-state index contributed by atoms with van der Waals surface area (Å²) in [6.07, 6.45) is 6.05. The first-order valence-corrected chi connectivity index (χ1v) is 12.3. The Labute approximate surface area is 183 Å². The highest BCUT2D eigenvalue weighted by Crippen LogP contribution is 2.46. The molecule has 1 aliphatic rings. The summed E-state index contributed by atoms with van der Waals surface area (Å²) in [6.45, 7) is 4.03. The molecule has 1 N–H and O–H groups in total. The zero-order valence-corrected chi connectivity index (χ0v) is 18.8. The number of fused-ring (bicyclic) bond motifs is 4. The number of aryl methyl sites for hydroxylation is 3. The zero-order valence-electron chi connectivity index (χ0n) is 17.2. The number of pyridine rings is 1. The first-order valence-electron chi connectivity index (χ1n) is 10.6. The van der Waals surface area contributed by atoms with Crippen LogP contribution in [0.2, 0.25) is 0 Å². The minimum absolute atomic E-state index is 0.543. The van der Waals surface area contributed by atoms with Crippen LogP contribution >= 0.6 is 22.7 Å². The van der Waals surface area contributed by atoms with Crippen molar-refractivity contribution < 1.29 is 9.90 Å². The first-order chi connectivity index (χ1) is 14.6. The summed E-state index contributed by atoms with van der Waals surface area (Å²) in [7, 11) is 0. The minimum atomic E-state index is -0.762. The number of aromatic nitrogens is 2. The first kappa shape index (κ1) is 19.6. The third kappa shape index (κ3) is 3.13. The lowest BCUT2D eigenvalue weighted by molar-refractivity contribution is -0.139. The van der Waals surface area contributed by atoms with Crippen molar-refractivity contribution in [2.24, 2.45) is 0 Å². The van der Waals surface area contributed by atoms with Crippen molar-refractivity contribution in [2.45, 2.75) is 58.3 Å². The van der Waals surface area contributed by atoms with Gasteiger partial charge in [-0.3, -0.25) is 9.78 Å². The van der Waals surface area contributed by atoms with Crippen LogP contribution in [0, 0.1) is 6.92 Å². The Kier molecular flexibility index (Phi) is 5.07. The smallest absolute Gasteiger partial charge is 0.311 e. The highest BCUT2D eigenvalue weighted by atomic mass is 32.1. The van der Waals surface area contributed by atoms with Crippen molar-refractivity contribution in [3.8, 4) is 11.1 Å². The van der Waals surface area contributed by atoms with E-state index in [0.29, 0.717) is 6.42 Å². The van der Waals surface area contributed by atoms with Gasteiger partial charge in [-0.2, -0.15) is 0 Å². The molecule has 1 unspecified atom stereocenters. The predicted octanol–water partition coefficient (Wildman–Crippen LogP) is 6.73. The number of thiophene rings is 1. The molecule has 154 valence electrons. The summed E-state index contributed by atoms with van der Waals surface area (Å²) >= 11 is 3.46. The third-order valence-corrected chi connectivity index (χ3v) is 8.24. The van der Waals surface area contributed by atoms with E-state index in [1.807, 2.05) is 30.7 Å². The number of carbonyl (C=O) groups is 1. The molecule has 0 spiro atoms. The SMILES string of the molecule is CCCC(C(=O)O)c1c(C)nc2c3c(sc2c1-c1ccc2ncsc2c1)CCCC3. The minimum Gasteiger partial charge on any atom is -0.481 e. The van der Waals surface area contributed by atoms with Gasteiger partial charge in [0.25, 0.3) is 0 Å². The van der Waals surface area contributed by atoms with Crippen LogP contribution in [0.5, 0.6) is 0 Å². The maximum Gasteiger partial charge on any atom is 0.311 e. The maximum absolute atomic E-state index is 12.3. The molecule has 30 heavy (non-hydrogen) atoms. The van der Waals surface area contributed by atoms with Gasteiger partial charge in [-0.05, 0) is 67.9 Å². The lowest BCUT2D eigenvalue weighted by atomic mass is 9.86. The summed E-state index contributed by atoms with van der Waals surface area (Å²) in [6, 6.07) is 6.33. The Morgan fingerprint density at radius 1 is 1.27 bits per heavy atom. The zero-order chi connectivity index (χ0) is 20.8. The Balaban J connectivity index is 1.86. The summed E-state index contributed by atoms with van der Waals surface area (Å²) < 4.78 is 2.29. The van der Waals surface area contributed by atoms with Crippen LogP contribution in [-0.4, -0.2) is 21.0 Å². The highest BCUT2D eigenvalue weighted by Gasteiger charge is 2.29. The van der Waals surface area contributed by atoms with Crippen molar-refractivity contribution in [1.29, 1.82) is 0 Å². The molecular formula is C24H24N2O2S2. The summed E-state index contributed by atoms with van der Waals surface area (Å²) in [5, 5.41) is 10.1. The lowest BCUT2D eigenvalue weighted by Gasteiger charge is -2.20. The van der Waals surface area contributed by atoms with Gasteiger partial charge >= 0.3 is 5.97 Å². The van der Waals surface area contributed by atoms with E-state index in [9.17, 15) is 9.90 Å². The van der Waals surface area contributed by atoms with E-state index < -0.39 is 11.9 Å². The van der Waals surface area contributed by atoms with Crippen LogP contribution in [0.4, 0.5) is 0 Å². The molecule has 0 aliphatic heterocycles. The molecule has 0 fully saturated rings. The van der Waals surface area contributed by atoms with E-state index in [-0.39, 0.29) is 0 Å². The number of nitrogens with zero attached hydrogens (tertiary/aromatic N) is 2. The van der Waals surface area contributed by atoms with Gasteiger partial charge < -0.3 is 5.11 Å². The lowest BCUT2D eigenvalue weighted by Crippen LogP contribution is -2.15. The second kappa shape index (κ2) is 7.75. The monoisotopic (exact) mass is 436 g/mol. The Bertz CT molecular complexity index is 1270. The average molecular weight is 437 g/mol. The predicted molar refractivity (Wildman–Crippen MR) is 125 cm³/mol. The van der Waals surface area contributed by atoms with Crippen molar-refractivity contribution >= 4 is 49.1 Å². The molecule has 0 bridgehead atoms. The van der Waals surface area contributed by atoms with Crippen LogP contribution in [0.25, 0.3) is 31.6 Å². The number of hydrogen-bond donors (Lipinski definition) is 1. The van der Waals surface area contributed by atoms with Crippen molar-refractivity contribution in [3.05, 3.63) is 45.4 Å². The van der Waals surface area contributed by atoms with E-state index in [4.69, 9.17) is 4.98 Å². The fraction of sp³-hybridized carbons (Fsp3) is 0.375. The van der Waals surface area contributed by atoms with Gasteiger partial charge in [-0.1, -0.05) is 19.4 Å². The number of thiazole rings is 1. The van der Waals surface area contributed by atoms with Gasteiger partial charge in [0.1, 0.15) is 0 Å². The molecule has 1 aromatic carbocycles. The summed E-state index contributed by atoms with van der Waals surface area (Å²) in [5.41, 5.74) is 9.24. The summed E-state index contributed by atoms with van der Waals surface area (Å²) in [5.74, 6) is -1.30. The van der Waals surface area contributed by atoms with E-state index in [1.54, 1.807) is 11.3 Å². The van der Waals surface area contributed by atoms with Crippen LogP contribution < -0.4 is 0 Å². The van der Waals surface area contributed by atoms with Crippen molar-refractivity contribution in [2.75, 3.05) is 0 Å². The number of carboxylic acids is 1. The third-order valence-electron chi connectivity index (χ3n) is 6.15. The molecule has 6 heteroatoms. The molecular weight excluding hydrogens is 412 g/mol. The molecule has 4 nitrogen and oxygen atoms in total. The van der Waals surface area contributed by atoms with Crippen LogP contribution in [0.15, 0.2) is 23.7 Å². The van der Waals surface area contributed by atoms with Gasteiger partial charge in [0.2, 0.25) is 0 Å².